The molecule has 4 atom stereocenters. The summed E-state index contributed by atoms with van der Waals surface area (Å²) in [6, 6.07) is 4.18. The third-order valence-corrected chi connectivity index (χ3v) is 8.76. The molecule has 0 bridgehead atoms. The molecule has 36 heavy (non-hydrogen) atoms. The highest BCUT2D eigenvalue weighted by Crippen LogP contribution is 2.54. The minimum atomic E-state index is -1.35. The molecule has 5 aliphatic rings. The zero-order chi connectivity index (χ0) is 25.1. The molecule has 1 aliphatic carbocycles. The van der Waals surface area contributed by atoms with E-state index in [0.29, 0.717) is 6.42 Å². The summed E-state index contributed by atoms with van der Waals surface area (Å²) in [6.07, 6.45) is 8.69. The Balaban J connectivity index is 1.36. The van der Waals surface area contributed by atoms with Gasteiger partial charge in [0.15, 0.2) is 17.1 Å². The van der Waals surface area contributed by atoms with Crippen molar-refractivity contribution in [3.8, 4) is 11.5 Å². The van der Waals surface area contributed by atoms with Crippen LogP contribution in [-0.4, -0.2) is 66.7 Å². The second-order valence-corrected chi connectivity index (χ2v) is 11.4. The summed E-state index contributed by atoms with van der Waals surface area (Å²) >= 11 is 0. The Hall–Kier alpha value is -2.58. The Morgan fingerprint density at radius 3 is 2.67 bits per heavy atom. The van der Waals surface area contributed by atoms with Crippen molar-refractivity contribution < 1.29 is 33.3 Å². The predicted molar refractivity (Wildman–Crippen MR) is 130 cm³/mol. The summed E-state index contributed by atoms with van der Waals surface area (Å²) in [6.45, 7) is 6.09. The molecule has 8 nitrogen and oxygen atoms in total. The quantitative estimate of drug-likeness (QED) is 0.461. The fraction of sp³-hybridized carbons (Fsp3) is 0.643. The molecule has 0 N–H and O–H groups in total. The van der Waals surface area contributed by atoms with Crippen LogP contribution in [0, 0.1) is 0 Å². The largest absolute Gasteiger partial charge is 0.469 e. The topological polar surface area (TPSA) is 83.5 Å². The molecule has 8 heteroatoms. The lowest BCUT2D eigenvalue weighted by Gasteiger charge is -2.44. The van der Waals surface area contributed by atoms with Gasteiger partial charge in [-0.2, -0.15) is 0 Å². The van der Waals surface area contributed by atoms with Crippen LogP contribution in [0.4, 0.5) is 0 Å². The lowest BCUT2D eigenvalue weighted by Crippen LogP contribution is -2.54. The van der Waals surface area contributed by atoms with E-state index in [9.17, 15) is 9.59 Å². The van der Waals surface area contributed by atoms with E-state index in [1.807, 2.05) is 19.9 Å². The zero-order valence-corrected chi connectivity index (χ0v) is 21.3. The van der Waals surface area contributed by atoms with Gasteiger partial charge in [-0.3, -0.25) is 9.69 Å². The number of rotatable bonds is 4. The minimum Gasteiger partial charge on any atom is -0.469 e. The number of nitrogens with zero attached hydrogens (tertiary/aromatic N) is 1. The molecule has 1 aromatic rings. The molecular weight excluding hydrogens is 462 g/mol. The number of methoxy groups -OCH3 is 1. The van der Waals surface area contributed by atoms with Gasteiger partial charge in [0.05, 0.1) is 24.7 Å². The first-order valence-electron chi connectivity index (χ1n) is 13.1. The molecule has 194 valence electrons. The molecule has 4 heterocycles. The van der Waals surface area contributed by atoms with Crippen LogP contribution in [-0.2, 0) is 30.2 Å². The third kappa shape index (κ3) is 3.72. The van der Waals surface area contributed by atoms with Gasteiger partial charge in [0.1, 0.15) is 6.10 Å². The van der Waals surface area contributed by atoms with Gasteiger partial charge in [0, 0.05) is 12.5 Å². The van der Waals surface area contributed by atoms with Crippen molar-refractivity contribution in [1.29, 1.82) is 0 Å². The lowest BCUT2D eigenvalue weighted by atomic mass is 9.77. The average Bonchev–Trinajstić information content (AvgIpc) is 3.54. The van der Waals surface area contributed by atoms with Gasteiger partial charge in [0.25, 0.3) is 0 Å². The number of hydrogen-bond donors (Lipinski definition) is 0. The van der Waals surface area contributed by atoms with Crippen molar-refractivity contribution in [2.24, 2.45) is 0 Å². The first kappa shape index (κ1) is 23.8. The normalized spacial score (nSPS) is 33.9. The van der Waals surface area contributed by atoms with Gasteiger partial charge >= 0.3 is 11.9 Å². The highest BCUT2D eigenvalue weighted by Gasteiger charge is 2.57. The van der Waals surface area contributed by atoms with E-state index >= 15 is 0 Å². The summed E-state index contributed by atoms with van der Waals surface area (Å²) in [4.78, 5) is 28.8. The maximum Gasteiger partial charge on any atom is 0.339 e. The van der Waals surface area contributed by atoms with Crippen LogP contribution in [0.25, 0.3) is 0 Å². The van der Waals surface area contributed by atoms with Crippen LogP contribution >= 0.6 is 0 Å². The van der Waals surface area contributed by atoms with E-state index in [4.69, 9.17) is 23.7 Å². The van der Waals surface area contributed by atoms with Gasteiger partial charge in [-0.05, 0) is 88.3 Å². The maximum atomic E-state index is 13.9. The van der Waals surface area contributed by atoms with Crippen molar-refractivity contribution in [2.75, 3.05) is 27.0 Å². The number of carbonyl (C=O) groups is 2. The number of hydrogen-bond acceptors (Lipinski definition) is 8. The molecule has 0 saturated carbocycles. The van der Waals surface area contributed by atoms with Crippen LogP contribution in [0.5, 0.6) is 11.5 Å². The van der Waals surface area contributed by atoms with Crippen LogP contribution in [0.2, 0.25) is 0 Å². The van der Waals surface area contributed by atoms with E-state index in [1.165, 1.54) is 12.7 Å². The summed E-state index contributed by atoms with van der Waals surface area (Å²) < 4.78 is 29.0. The van der Waals surface area contributed by atoms with E-state index < -0.39 is 29.2 Å². The van der Waals surface area contributed by atoms with Gasteiger partial charge in [-0.15, -0.1) is 0 Å². The molecule has 2 saturated heterocycles. The summed E-state index contributed by atoms with van der Waals surface area (Å²) in [7, 11) is 1.33. The van der Waals surface area contributed by atoms with Gasteiger partial charge in [-0.1, -0.05) is 6.08 Å². The highest BCUT2D eigenvalue weighted by atomic mass is 16.7. The van der Waals surface area contributed by atoms with E-state index in [1.54, 1.807) is 0 Å². The number of ether oxygens (including phenoxy) is 5. The van der Waals surface area contributed by atoms with Crippen molar-refractivity contribution in [3.05, 3.63) is 35.4 Å². The van der Waals surface area contributed by atoms with Crippen molar-refractivity contribution in [3.63, 3.8) is 0 Å². The van der Waals surface area contributed by atoms with Crippen molar-refractivity contribution in [1.82, 2.24) is 4.90 Å². The number of benzene rings is 1. The second-order valence-electron chi connectivity index (χ2n) is 11.4. The maximum absolute atomic E-state index is 13.9. The molecule has 6 rings (SSSR count). The Kier molecular flexibility index (Phi) is 5.61. The first-order valence-corrected chi connectivity index (χ1v) is 13.1. The molecule has 0 radical (unpaired) electrons. The van der Waals surface area contributed by atoms with Crippen LogP contribution in [0.1, 0.15) is 69.4 Å². The first-order chi connectivity index (χ1) is 17.3. The average molecular weight is 498 g/mol. The smallest absolute Gasteiger partial charge is 0.339 e. The second kappa shape index (κ2) is 8.48. The number of fused-ring (bicyclic) bond motifs is 3. The highest BCUT2D eigenvalue weighted by molar-refractivity contribution is 5.86. The van der Waals surface area contributed by atoms with Gasteiger partial charge in [0.2, 0.25) is 6.79 Å². The number of carbonyl (C=O) groups excluding carboxylic acids is 2. The molecule has 2 unspecified atom stereocenters. The monoisotopic (exact) mass is 497 g/mol. The zero-order valence-electron chi connectivity index (χ0n) is 21.3. The molecule has 1 aromatic carbocycles. The summed E-state index contributed by atoms with van der Waals surface area (Å²) in [5.74, 6) is 0.495. The fourth-order valence-electron chi connectivity index (χ4n) is 7.16. The minimum absolute atomic E-state index is 0.0669. The summed E-state index contributed by atoms with van der Waals surface area (Å²) in [5.41, 5.74) is 0.274. The van der Waals surface area contributed by atoms with Crippen LogP contribution in [0.3, 0.4) is 0 Å². The Morgan fingerprint density at radius 1 is 1.08 bits per heavy atom. The Morgan fingerprint density at radius 2 is 1.89 bits per heavy atom. The van der Waals surface area contributed by atoms with Crippen molar-refractivity contribution >= 4 is 11.9 Å². The predicted octanol–water partition coefficient (Wildman–Crippen LogP) is 3.65. The molecular formula is C28H35NO7. The van der Waals surface area contributed by atoms with E-state index in [-0.39, 0.29) is 24.7 Å². The standard InChI is InChI=1S/C28H35NO7/c1-26(2)8-4-10-28(36-26,16-23(30)32-3)25(31)35-20-6-11-27-9-5-12-29(27)13-7-18-14-21-22(34-17-33-21)15-19(18)24(20)27/h6,11,14-15,20,24H,4-5,7-10,12-13,16-17H2,1-3H3/t20?,24-,27+,28?/m1/s1. The van der Waals surface area contributed by atoms with Gasteiger partial charge < -0.3 is 23.7 Å². The SMILES string of the molecule is COC(=O)CC1(C(=O)OC2C=C[C@]34CCCN3CCc3cc5c(cc3[C@H]24)OCO5)CCCC(C)(C)O1. The third-order valence-electron chi connectivity index (χ3n) is 8.76. The molecule has 2 fully saturated rings. The fourth-order valence-corrected chi connectivity index (χ4v) is 7.16. The van der Waals surface area contributed by atoms with Gasteiger partial charge in [-0.25, -0.2) is 4.79 Å². The molecule has 1 spiro atoms. The Labute approximate surface area is 211 Å². The van der Waals surface area contributed by atoms with E-state index in [0.717, 1.165) is 62.3 Å². The van der Waals surface area contributed by atoms with Crippen LogP contribution < -0.4 is 9.47 Å². The lowest BCUT2D eigenvalue weighted by molar-refractivity contribution is -0.215. The number of esters is 2. The van der Waals surface area contributed by atoms with Crippen LogP contribution in [0.15, 0.2) is 24.3 Å². The Bertz CT molecular complexity index is 1110. The molecule has 0 amide bonds. The van der Waals surface area contributed by atoms with Crippen molar-refractivity contribution in [2.45, 2.75) is 87.6 Å². The summed E-state index contributed by atoms with van der Waals surface area (Å²) in [5, 5.41) is 0. The molecule has 0 aromatic heterocycles. The molecule has 4 aliphatic heterocycles. The van der Waals surface area contributed by atoms with E-state index in [2.05, 4.69) is 23.1 Å².